The lowest BCUT2D eigenvalue weighted by Crippen LogP contribution is -2.48. The van der Waals surface area contributed by atoms with Crippen LogP contribution in [0.15, 0.2) is 80.9 Å². The molecule has 0 aliphatic carbocycles. The Hall–Kier alpha value is -5.84. The molecule has 2 aromatic carbocycles. The number of benzene rings is 2. The van der Waals surface area contributed by atoms with E-state index in [9.17, 15) is 32.4 Å². The summed E-state index contributed by atoms with van der Waals surface area (Å²) in [7, 11) is -3.59. The summed E-state index contributed by atoms with van der Waals surface area (Å²) in [5.74, 6) is -2.95. The number of sulfone groups is 1. The van der Waals surface area contributed by atoms with Gasteiger partial charge >= 0.3 is 0 Å². The predicted molar refractivity (Wildman–Crippen MR) is 192 cm³/mol. The smallest absolute Gasteiger partial charge is 0.276 e. The molecule has 6 rings (SSSR count). The number of oxazole rings is 2. The summed E-state index contributed by atoms with van der Waals surface area (Å²) in [6.45, 7) is 5.32. The Morgan fingerprint density at radius 1 is 0.907 bits per heavy atom. The number of hydrogen-bond donors (Lipinski definition) is 4. The predicted octanol–water partition coefficient (Wildman–Crippen LogP) is 2.51. The molecule has 1 saturated heterocycles. The lowest BCUT2D eigenvalue weighted by molar-refractivity contribution is -0.126. The third-order valence-corrected chi connectivity index (χ3v) is 10.3. The van der Waals surface area contributed by atoms with Gasteiger partial charge in [0.25, 0.3) is 17.7 Å². The molecule has 4 bridgehead atoms. The van der Waals surface area contributed by atoms with Crippen LogP contribution >= 0.6 is 0 Å². The minimum Gasteiger partial charge on any atom is -0.446 e. The van der Waals surface area contributed by atoms with Gasteiger partial charge in [0.1, 0.15) is 36.7 Å². The number of amides is 5. The Morgan fingerprint density at radius 2 is 1.61 bits per heavy atom. The monoisotopic (exact) mass is 759 g/mol. The lowest BCUT2D eigenvalue weighted by atomic mass is 10.0. The molecule has 2 aromatic heterocycles. The normalized spacial score (nSPS) is 22.5. The first-order chi connectivity index (χ1) is 25.7. The summed E-state index contributed by atoms with van der Waals surface area (Å²) in [6.07, 6.45) is 3.81. The molecule has 4 aromatic rings. The van der Waals surface area contributed by atoms with Crippen molar-refractivity contribution in [2.45, 2.75) is 75.1 Å². The summed E-state index contributed by atoms with van der Waals surface area (Å²) >= 11 is 0. The average Bonchev–Trinajstić information content (AvgIpc) is 3.91. The first kappa shape index (κ1) is 37.9. The summed E-state index contributed by atoms with van der Waals surface area (Å²) in [5, 5.41) is 11.3. The van der Waals surface area contributed by atoms with Crippen molar-refractivity contribution in [1.82, 2.24) is 36.1 Å². The van der Waals surface area contributed by atoms with Crippen molar-refractivity contribution in [3.63, 3.8) is 0 Å². The molecule has 284 valence electrons. The van der Waals surface area contributed by atoms with Crippen LogP contribution in [0.25, 0.3) is 0 Å². The quantitative estimate of drug-likeness (QED) is 0.214. The summed E-state index contributed by atoms with van der Waals surface area (Å²) in [4.78, 5) is 78.5. The first-order valence-corrected chi connectivity index (χ1v) is 19.3. The van der Waals surface area contributed by atoms with Gasteiger partial charge in [0, 0.05) is 30.8 Å². The first-order valence-electron chi connectivity index (χ1n) is 17.4. The molecule has 17 heteroatoms. The number of rotatable bonds is 7. The molecule has 5 amide bonds. The minimum atomic E-state index is -3.59. The van der Waals surface area contributed by atoms with E-state index < -0.39 is 69.6 Å². The Kier molecular flexibility index (Phi) is 11.0. The highest BCUT2D eigenvalue weighted by molar-refractivity contribution is 7.90. The molecular weight excluding hydrogens is 719 g/mol. The van der Waals surface area contributed by atoms with Crippen molar-refractivity contribution in [3.8, 4) is 0 Å². The highest BCUT2D eigenvalue weighted by atomic mass is 32.2. The zero-order valence-electron chi connectivity index (χ0n) is 30.1. The van der Waals surface area contributed by atoms with E-state index in [2.05, 4.69) is 31.2 Å². The van der Waals surface area contributed by atoms with Gasteiger partial charge in [-0.05, 0) is 49.4 Å². The van der Waals surface area contributed by atoms with Gasteiger partial charge in [-0.2, -0.15) is 0 Å². The van der Waals surface area contributed by atoms with Gasteiger partial charge in [-0.1, -0.05) is 50.2 Å². The maximum atomic E-state index is 14.2. The minimum absolute atomic E-state index is 0.0131. The molecule has 0 unspecified atom stereocenters. The molecule has 0 saturated carbocycles. The van der Waals surface area contributed by atoms with E-state index >= 15 is 0 Å². The van der Waals surface area contributed by atoms with Gasteiger partial charge in [-0.25, -0.2) is 18.4 Å². The number of hydrogen-bond acceptors (Lipinski definition) is 11. The molecule has 0 spiro atoms. The van der Waals surface area contributed by atoms with Gasteiger partial charge < -0.3 is 35.0 Å². The summed E-state index contributed by atoms with van der Waals surface area (Å²) < 4.78 is 35.6. The fraction of sp³-hybridized carbons (Fsp3) is 0.378. The molecule has 4 heterocycles. The fourth-order valence-corrected chi connectivity index (χ4v) is 7.13. The largest absolute Gasteiger partial charge is 0.446 e. The summed E-state index contributed by atoms with van der Waals surface area (Å²) in [5.41, 5.74) is 0.655. The second-order valence-electron chi connectivity index (χ2n) is 14.0. The number of nitrogens with one attached hydrogen (secondary N) is 4. The third kappa shape index (κ3) is 8.68. The van der Waals surface area contributed by atoms with E-state index in [-0.39, 0.29) is 58.9 Å². The van der Waals surface area contributed by atoms with Crippen LogP contribution in [0.4, 0.5) is 0 Å². The number of aromatic nitrogens is 2. The third-order valence-electron chi connectivity index (χ3n) is 9.18. The van der Waals surface area contributed by atoms with Crippen molar-refractivity contribution in [2.75, 3.05) is 12.8 Å². The molecule has 16 nitrogen and oxygen atoms in total. The van der Waals surface area contributed by atoms with Crippen LogP contribution in [0.3, 0.4) is 0 Å². The van der Waals surface area contributed by atoms with E-state index in [1.54, 1.807) is 6.92 Å². The summed E-state index contributed by atoms with van der Waals surface area (Å²) in [6, 6.07) is 10.2. The number of carbonyl (C=O) groups excluding carboxylic acids is 5. The standard InChI is InChI=1S/C37H41N7O9S/c1-20(2)13-26-32(46)38-21(3)35-43-29(19-52-35)37(49)44-17-24(39-31(45)23-11-8-12-25(15-23)54(4,50)51)16-30(44)34(48)41-27(14-22-9-6-5-7-10-22)36-42-28(18-53-36)33(47)40-26/h5-12,15,18-21,24,26-27,30H,13-14,16-17H2,1-4H3,(H,38,46)(H,39,45)(H,40,47)(H,41,48)/t21-,24+,26-,27+,30+/m1/s1. The van der Waals surface area contributed by atoms with Gasteiger partial charge in [-0.15, -0.1) is 0 Å². The molecular formula is C37H41N7O9S. The van der Waals surface area contributed by atoms with E-state index in [0.717, 1.165) is 24.3 Å². The van der Waals surface area contributed by atoms with E-state index in [0.29, 0.717) is 6.42 Å². The van der Waals surface area contributed by atoms with Gasteiger partial charge in [0.15, 0.2) is 21.2 Å². The van der Waals surface area contributed by atoms with Crippen molar-refractivity contribution in [1.29, 1.82) is 0 Å². The zero-order chi connectivity index (χ0) is 38.7. The van der Waals surface area contributed by atoms with E-state index in [1.165, 1.54) is 29.2 Å². The van der Waals surface area contributed by atoms with Gasteiger partial charge in [0.05, 0.1) is 4.90 Å². The molecule has 54 heavy (non-hydrogen) atoms. The maximum absolute atomic E-state index is 14.2. The van der Waals surface area contributed by atoms with E-state index in [4.69, 9.17) is 8.83 Å². The molecule has 2 aliphatic rings. The van der Waals surface area contributed by atoms with Crippen molar-refractivity contribution >= 4 is 39.4 Å². The topological polar surface area (TPSA) is 223 Å². The van der Waals surface area contributed by atoms with Crippen molar-refractivity contribution < 1.29 is 41.2 Å². The Balaban J connectivity index is 1.35. The fourth-order valence-electron chi connectivity index (χ4n) is 6.46. The van der Waals surface area contributed by atoms with Crippen LogP contribution in [0.5, 0.6) is 0 Å². The molecule has 0 radical (unpaired) electrons. The van der Waals surface area contributed by atoms with Crippen LogP contribution < -0.4 is 21.3 Å². The Labute approximate surface area is 311 Å². The molecule has 2 aliphatic heterocycles. The molecule has 1 fully saturated rings. The highest BCUT2D eigenvalue weighted by Gasteiger charge is 2.43. The second kappa shape index (κ2) is 15.6. The molecule has 5 atom stereocenters. The van der Waals surface area contributed by atoms with Gasteiger partial charge in [-0.3, -0.25) is 24.0 Å². The maximum Gasteiger partial charge on any atom is 0.276 e. The van der Waals surface area contributed by atoms with Crippen LogP contribution in [-0.2, 0) is 25.8 Å². The number of fused-ring (bicyclic) bond motifs is 5. The van der Waals surface area contributed by atoms with Crippen molar-refractivity contribution in [3.05, 3.63) is 101 Å². The van der Waals surface area contributed by atoms with Crippen LogP contribution in [-0.4, -0.2) is 83.7 Å². The molecule has 4 N–H and O–H groups in total. The zero-order valence-corrected chi connectivity index (χ0v) is 30.9. The Bertz CT molecular complexity index is 2170. The van der Waals surface area contributed by atoms with Crippen LogP contribution in [0, 0.1) is 5.92 Å². The number of carbonyl (C=O) groups is 5. The van der Waals surface area contributed by atoms with Crippen molar-refractivity contribution in [2.24, 2.45) is 5.92 Å². The Morgan fingerprint density at radius 3 is 2.33 bits per heavy atom. The second-order valence-corrected chi connectivity index (χ2v) is 16.0. The SMILES string of the molecule is CC(C)C[C@H]1NC(=O)c2coc(n2)[C@H](Cc2ccccc2)NC(=O)[C@@H]2C[C@H](NC(=O)c3cccc(S(C)(=O)=O)c3)CN2C(=O)c2coc(n2)[C@@H](C)NC1=O. The van der Waals surface area contributed by atoms with Crippen LogP contribution in [0.2, 0.25) is 0 Å². The number of nitrogens with zero attached hydrogens (tertiary/aromatic N) is 3. The van der Waals surface area contributed by atoms with Crippen LogP contribution in [0.1, 0.15) is 94.4 Å². The van der Waals surface area contributed by atoms with E-state index in [1.807, 2.05) is 44.2 Å². The lowest BCUT2D eigenvalue weighted by Gasteiger charge is -2.25. The van der Waals surface area contributed by atoms with Gasteiger partial charge in [0.2, 0.25) is 23.6 Å². The average molecular weight is 760 g/mol. The highest BCUT2D eigenvalue weighted by Crippen LogP contribution is 2.26.